The quantitative estimate of drug-likeness (QED) is 0.389. The van der Waals surface area contributed by atoms with Gasteiger partial charge in [-0.3, -0.25) is 14.0 Å². The molecule has 0 aliphatic carbocycles. The number of carboxylic acid groups (broad SMARTS) is 1. The van der Waals surface area contributed by atoms with E-state index in [0.29, 0.717) is 48.1 Å². The molecule has 4 rings (SSSR count). The number of pyridine rings is 1. The van der Waals surface area contributed by atoms with E-state index in [1.165, 1.54) is 0 Å². The predicted octanol–water partition coefficient (Wildman–Crippen LogP) is 4.10. The molecule has 196 valence electrons. The smallest absolute Gasteiger partial charge is 0.404 e. The molecule has 2 aromatic heterocycles. The molecular formula is C27H32ClN5O4. The second kappa shape index (κ2) is 12.1. The van der Waals surface area contributed by atoms with E-state index in [0.717, 1.165) is 24.8 Å². The molecule has 3 amide bonds. The SMILES string of the molecule is CCCC(CNC(=O)c1cccc2nc(CC(=O)N3CCC[C@@H](NC(=O)O)C3)cn12)c1ccc(Cl)cc1. The first-order valence-corrected chi connectivity index (χ1v) is 13.0. The van der Waals surface area contributed by atoms with E-state index in [1.807, 2.05) is 24.3 Å². The lowest BCUT2D eigenvalue weighted by Gasteiger charge is -2.32. The number of rotatable bonds is 9. The van der Waals surface area contributed by atoms with Crippen molar-refractivity contribution in [3.8, 4) is 0 Å². The Kier molecular flexibility index (Phi) is 8.66. The number of aromatic nitrogens is 2. The summed E-state index contributed by atoms with van der Waals surface area (Å²) >= 11 is 6.03. The maximum Gasteiger partial charge on any atom is 0.404 e. The number of nitrogens with zero attached hydrogens (tertiary/aromatic N) is 3. The number of benzene rings is 1. The largest absolute Gasteiger partial charge is 0.465 e. The number of amides is 3. The van der Waals surface area contributed by atoms with Gasteiger partial charge in [0.05, 0.1) is 12.1 Å². The van der Waals surface area contributed by atoms with Crippen molar-refractivity contribution in [3.05, 3.63) is 70.6 Å². The Hall–Kier alpha value is -3.59. The molecule has 0 radical (unpaired) electrons. The van der Waals surface area contributed by atoms with E-state index in [1.54, 1.807) is 33.7 Å². The van der Waals surface area contributed by atoms with E-state index in [-0.39, 0.29) is 30.2 Å². The summed E-state index contributed by atoms with van der Waals surface area (Å²) in [5, 5.41) is 15.2. The zero-order chi connectivity index (χ0) is 26.4. The maximum absolute atomic E-state index is 13.1. The van der Waals surface area contributed by atoms with E-state index < -0.39 is 6.09 Å². The van der Waals surface area contributed by atoms with Crippen LogP contribution < -0.4 is 10.6 Å². The van der Waals surface area contributed by atoms with Crippen molar-refractivity contribution >= 4 is 35.2 Å². The molecule has 10 heteroatoms. The van der Waals surface area contributed by atoms with Crippen molar-refractivity contribution in [1.82, 2.24) is 24.9 Å². The fourth-order valence-electron chi connectivity index (χ4n) is 4.87. The summed E-state index contributed by atoms with van der Waals surface area (Å²) in [4.78, 5) is 43.2. The molecule has 1 saturated heterocycles. The van der Waals surface area contributed by atoms with Gasteiger partial charge >= 0.3 is 6.09 Å². The minimum Gasteiger partial charge on any atom is -0.465 e. The summed E-state index contributed by atoms with van der Waals surface area (Å²) in [6, 6.07) is 12.8. The highest BCUT2D eigenvalue weighted by Gasteiger charge is 2.25. The van der Waals surface area contributed by atoms with Crippen LogP contribution in [0.1, 0.15) is 60.3 Å². The van der Waals surface area contributed by atoms with Crippen LogP contribution in [0.5, 0.6) is 0 Å². The summed E-state index contributed by atoms with van der Waals surface area (Å²) in [6.45, 7) is 3.54. The number of piperidine rings is 1. The van der Waals surface area contributed by atoms with Gasteiger partial charge in [-0.1, -0.05) is 43.1 Å². The standard InChI is InChI=1S/C27H32ClN5O4/c1-2-5-19(18-9-11-20(28)12-10-18)15-29-26(35)23-7-3-8-24-30-22(17-33(23)24)14-25(34)32-13-4-6-21(16-32)31-27(36)37/h3,7-12,17,19,21,31H,2,4-6,13-16H2,1H3,(H,29,35)(H,36,37)/t19?,21-/m1/s1. The number of carbonyl (C=O) groups excluding carboxylic acids is 2. The Labute approximate surface area is 220 Å². The van der Waals surface area contributed by atoms with Crippen molar-refractivity contribution < 1.29 is 19.5 Å². The highest BCUT2D eigenvalue weighted by molar-refractivity contribution is 6.30. The Morgan fingerprint density at radius 2 is 1.97 bits per heavy atom. The van der Waals surface area contributed by atoms with Crippen LogP contribution in [0.2, 0.25) is 5.02 Å². The Balaban J connectivity index is 1.43. The minimum absolute atomic E-state index is 0.0810. The average Bonchev–Trinajstić information content (AvgIpc) is 3.29. The number of carbonyl (C=O) groups is 3. The lowest BCUT2D eigenvalue weighted by atomic mass is 9.94. The normalized spacial score (nSPS) is 16.4. The summed E-state index contributed by atoms with van der Waals surface area (Å²) in [5.41, 5.74) is 2.72. The Morgan fingerprint density at radius 3 is 2.70 bits per heavy atom. The van der Waals surface area contributed by atoms with Gasteiger partial charge < -0.3 is 20.6 Å². The minimum atomic E-state index is -1.08. The van der Waals surface area contributed by atoms with Gasteiger partial charge in [-0.15, -0.1) is 0 Å². The molecule has 0 spiro atoms. The van der Waals surface area contributed by atoms with Crippen LogP contribution in [0, 0.1) is 0 Å². The third-order valence-electron chi connectivity index (χ3n) is 6.70. The van der Waals surface area contributed by atoms with Crippen molar-refractivity contribution in [1.29, 1.82) is 0 Å². The molecule has 0 saturated carbocycles. The van der Waals surface area contributed by atoms with Gasteiger partial charge in [0.25, 0.3) is 5.91 Å². The van der Waals surface area contributed by atoms with Crippen molar-refractivity contribution in [3.63, 3.8) is 0 Å². The molecule has 3 aromatic rings. The van der Waals surface area contributed by atoms with Crippen LogP contribution in [0.3, 0.4) is 0 Å². The summed E-state index contributed by atoms with van der Waals surface area (Å²) in [6.07, 6.45) is 4.09. The lowest BCUT2D eigenvalue weighted by Crippen LogP contribution is -2.49. The highest BCUT2D eigenvalue weighted by atomic mass is 35.5. The number of nitrogens with one attached hydrogen (secondary N) is 2. The number of fused-ring (bicyclic) bond motifs is 1. The van der Waals surface area contributed by atoms with Gasteiger partial charge in [-0.2, -0.15) is 0 Å². The Morgan fingerprint density at radius 1 is 1.19 bits per heavy atom. The molecule has 1 aliphatic rings. The van der Waals surface area contributed by atoms with Crippen LogP contribution in [-0.2, 0) is 11.2 Å². The van der Waals surface area contributed by atoms with Crippen molar-refractivity contribution in [2.24, 2.45) is 0 Å². The number of hydrogen-bond acceptors (Lipinski definition) is 4. The zero-order valence-electron chi connectivity index (χ0n) is 20.8. The third kappa shape index (κ3) is 6.80. The molecule has 3 heterocycles. The van der Waals surface area contributed by atoms with Gasteiger partial charge in [-0.25, -0.2) is 9.78 Å². The molecule has 37 heavy (non-hydrogen) atoms. The number of hydrogen-bond donors (Lipinski definition) is 3. The monoisotopic (exact) mass is 525 g/mol. The fraction of sp³-hybridized carbons (Fsp3) is 0.407. The van der Waals surface area contributed by atoms with Gasteiger partial charge in [0.15, 0.2) is 0 Å². The molecule has 1 aliphatic heterocycles. The molecule has 1 fully saturated rings. The topological polar surface area (TPSA) is 116 Å². The second-order valence-corrected chi connectivity index (χ2v) is 9.86. The van der Waals surface area contributed by atoms with Crippen molar-refractivity contribution in [2.45, 2.75) is 51.0 Å². The average molecular weight is 526 g/mol. The van der Waals surface area contributed by atoms with Crippen molar-refractivity contribution in [2.75, 3.05) is 19.6 Å². The fourth-order valence-corrected chi connectivity index (χ4v) is 5.00. The first kappa shape index (κ1) is 26.5. The van der Waals surface area contributed by atoms with E-state index in [9.17, 15) is 14.4 Å². The first-order chi connectivity index (χ1) is 17.8. The number of halogens is 1. The molecule has 1 unspecified atom stereocenters. The first-order valence-electron chi connectivity index (χ1n) is 12.6. The molecule has 1 aromatic carbocycles. The van der Waals surface area contributed by atoms with Crippen LogP contribution in [-0.4, -0.2) is 63.0 Å². The number of imidazole rings is 1. The second-order valence-electron chi connectivity index (χ2n) is 9.42. The zero-order valence-corrected chi connectivity index (χ0v) is 21.6. The highest BCUT2D eigenvalue weighted by Crippen LogP contribution is 2.23. The molecular weight excluding hydrogens is 494 g/mol. The summed E-state index contributed by atoms with van der Waals surface area (Å²) in [5.74, 6) is -0.156. The van der Waals surface area contributed by atoms with Crippen LogP contribution in [0.4, 0.5) is 4.79 Å². The van der Waals surface area contributed by atoms with Gasteiger partial charge in [0, 0.05) is 42.8 Å². The van der Waals surface area contributed by atoms with Gasteiger partial charge in [-0.05, 0) is 49.1 Å². The van der Waals surface area contributed by atoms with Gasteiger partial charge in [0.1, 0.15) is 11.3 Å². The molecule has 0 bridgehead atoms. The van der Waals surface area contributed by atoms with Gasteiger partial charge in [0.2, 0.25) is 5.91 Å². The van der Waals surface area contributed by atoms with E-state index >= 15 is 0 Å². The van der Waals surface area contributed by atoms with Crippen LogP contribution in [0.15, 0.2) is 48.7 Å². The lowest BCUT2D eigenvalue weighted by molar-refractivity contribution is -0.131. The molecule has 3 N–H and O–H groups in total. The third-order valence-corrected chi connectivity index (χ3v) is 6.95. The summed E-state index contributed by atoms with van der Waals surface area (Å²) in [7, 11) is 0. The van der Waals surface area contributed by atoms with E-state index in [2.05, 4.69) is 22.5 Å². The summed E-state index contributed by atoms with van der Waals surface area (Å²) < 4.78 is 1.71. The maximum atomic E-state index is 13.1. The molecule has 9 nitrogen and oxygen atoms in total. The Bertz CT molecular complexity index is 1260. The predicted molar refractivity (Wildman–Crippen MR) is 141 cm³/mol. The molecule has 2 atom stereocenters. The van der Waals surface area contributed by atoms with Crippen LogP contribution >= 0.6 is 11.6 Å². The number of likely N-dealkylation sites (tertiary alicyclic amines) is 1. The van der Waals surface area contributed by atoms with E-state index in [4.69, 9.17) is 16.7 Å². The van der Waals surface area contributed by atoms with Crippen LogP contribution in [0.25, 0.3) is 5.65 Å².